The molecule has 21 heavy (non-hydrogen) atoms. The maximum Gasteiger partial charge on any atom is 0.122 e. The lowest BCUT2D eigenvalue weighted by Crippen LogP contribution is -2.48. The Balaban J connectivity index is 2.27. The van der Waals surface area contributed by atoms with E-state index in [2.05, 4.69) is 18.7 Å². The van der Waals surface area contributed by atoms with Gasteiger partial charge in [-0.15, -0.1) is 0 Å². The first-order chi connectivity index (χ1) is 10.1. The summed E-state index contributed by atoms with van der Waals surface area (Å²) in [6.45, 7) is 6.51. The van der Waals surface area contributed by atoms with Gasteiger partial charge in [0.05, 0.1) is 26.4 Å². The maximum atomic E-state index is 6.05. The molecule has 0 amide bonds. The average molecular weight is 294 g/mol. The number of ether oxygens (including phenoxy) is 3. The van der Waals surface area contributed by atoms with Crippen molar-refractivity contribution >= 4 is 0 Å². The molecule has 1 aromatic rings. The molecule has 0 radical (unpaired) electrons. The number of nitrogens with two attached hydrogens (primary N) is 1. The van der Waals surface area contributed by atoms with E-state index in [0.29, 0.717) is 6.54 Å². The fourth-order valence-corrected chi connectivity index (χ4v) is 2.99. The second kappa shape index (κ2) is 7.11. The summed E-state index contributed by atoms with van der Waals surface area (Å²) < 4.78 is 16.5. The fourth-order valence-electron chi connectivity index (χ4n) is 2.99. The van der Waals surface area contributed by atoms with Gasteiger partial charge in [0.15, 0.2) is 0 Å². The van der Waals surface area contributed by atoms with Crippen LogP contribution >= 0.6 is 0 Å². The minimum Gasteiger partial charge on any atom is -0.497 e. The summed E-state index contributed by atoms with van der Waals surface area (Å²) in [6, 6.07) is 6.08. The largest absolute Gasteiger partial charge is 0.497 e. The van der Waals surface area contributed by atoms with Gasteiger partial charge in [-0.1, -0.05) is 0 Å². The summed E-state index contributed by atoms with van der Waals surface area (Å²) in [5.74, 6) is 1.58. The number of hydrogen-bond donors (Lipinski definition) is 1. The Labute approximate surface area is 127 Å². The highest BCUT2D eigenvalue weighted by Gasteiger charge is 2.28. The monoisotopic (exact) mass is 294 g/mol. The van der Waals surface area contributed by atoms with Crippen LogP contribution in [-0.2, 0) is 4.74 Å². The van der Waals surface area contributed by atoms with Gasteiger partial charge in [0.25, 0.3) is 0 Å². The Morgan fingerprint density at radius 3 is 2.10 bits per heavy atom. The first-order valence-corrected chi connectivity index (χ1v) is 7.40. The molecule has 2 rings (SSSR count). The predicted molar refractivity (Wildman–Crippen MR) is 82.9 cm³/mol. The summed E-state index contributed by atoms with van der Waals surface area (Å²) in [4.78, 5) is 2.38. The van der Waals surface area contributed by atoms with Gasteiger partial charge < -0.3 is 19.9 Å². The number of benzene rings is 1. The van der Waals surface area contributed by atoms with Crippen LogP contribution in [0.4, 0.5) is 0 Å². The molecule has 1 aliphatic heterocycles. The van der Waals surface area contributed by atoms with Gasteiger partial charge in [0.1, 0.15) is 11.5 Å². The van der Waals surface area contributed by atoms with Gasteiger partial charge in [-0.25, -0.2) is 0 Å². The normalized spacial score (nSPS) is 24.6. The first kappa shape index (κ1) is 16.1. The van der Waals surface area contributed by atoms with E-state index in [1.165, 1.54) is 0 Å². The van der Waals surface area contributed by atoms with Gasteiger partial charge in [-0.2, -0.15) is 0 Å². The molecule has 0 spiro atoms. The van der Waals surface area contributed by atoms with Crippen LogP contribution in [0.2, 0.25) is 0 Å². The number of hydrogen-bond acceptors (Lipinski definition) is 5. The maximum absolute atomic E-state index is 6.05. The molecule has 5 heteroatoms. The Kier molecular flexibility index (Phi) is 5.45. The van der Waals surface area contributed by atoms with E-state index in [4.69, 9.17) is 19.9 Å². The molecular weight excluding hydrogens is 268 g/mol. The fraction of sp³-hybridized carbons (Fsp3) is 0.625. The minimum atomic E-state index is 0.141. The van der Waals surface area contributed by atoms with Crippen molar-refractivity contribution in [2.75, 3.05) is 33.9 Å². The Hall–Kier alpha value is -1.30. The highest BCUT2D eigenvalue weighted by molar-refractivity contribution is 5.40. The van der Waals surface area contributed by atoms with E-state index in [0.717, 1.165) is 30.2 Å². The van der Waals surface area contributed by atoms with Gasteiger partial charge in [0, 0.05) is 31.7 Å². The van der Waals surface area contributed by atoms with Crippen LogP contribution in [0.3, 0.4) is 0 Å². The van der Waals surface area contributed by atoms with E-state index >= 15 is 0 Å². The third-order valence-corrected chi connectivity index (χ3v) is 3.87. The second-order valence-corrected chi connectivity index (χ2v) is 5.61. The van der Waals surface area contributed by atoms with Crippen molar-refractivity contribution < 1.29 is 14.2 Å². The third kappa shape index (κ3) is 3.87. The van der Waals surface area contributed by atoms with E-state index in [9.17, 15) is 0 Å². The van der Waals surface area contributed by atoms with Crippen molar-refractivity contribution in [1.29, 1.82) is 0 Å². The van der Waals surface area contributed by atoms with E-state index in [1.54, 1.807) is 14.2 Å². The Bertz CT molecular complexity index is 435. The van der Waals surface area contributed by atoms with Gasteiger partial charge >= 0.3 is 0 Å². The number of methoxy groups -OCH3 is 2. The number of nitrogens with zero attached hydrogens (tertiary/aromatic N) is 1. The molecule has 2 N–H and O–H groups in total. The van der Waals surface area contributed by atoms with Crippen molar-refractivity contribution in [2.45, 2.75) is 32.1 Å². The van der Waals surface area contributed by atoms with Gasteiger partial charge in [-0.05, 0) is 31.5 Å². The lowest BCUT2D eigenvalue weighted by molar-refractivity contribution is -0.0799. The van der Waals surface area contributed by atoms with Crippen LogP contribution in [0.15, 0.2) is 18.2 Å². The molecule has 1 saturated heterocycles. The Morgan fingerprint density at radius 2 is 1.67 bits per heavy atom. The lowest BCUT2D eigenvalue weighted by Gasteiger charge is -2.40. The molecule has 1 fully saturated rings. The number of rotatable bonds is 5. The van der Waals surface area contributed by atoms with Crippen LogP contribution in [0, 0.1) is 0 Å². The van der Waals surface area contributed by atoms with Crippen molar-refractivity contribution in [3.05, 3.63) is 23.8 Å². The standard InChI is InChI=1S/C16H26N2O3/c1-11-9-18(10-12(2)21-11)16(8-17)13-5-14(19-3)7-15(6-13)20-4/h5-7,11-12,16H,8-10,17H2,1-4H3/t11-,12-,16+/m0/s1. The van der Waals surface area contributed by atoms with E-state index in [-0.39, 0.29) is 18.2 Å². The summed E-state index contributed by atoms with van der Waals surface area (Å²) in [5, 5.41) is 0. The van der Waals surface area contributed by atoms with E-state index < -0.39 is 0 Å². The summed E-state index contributed by atoms with van der Waals surface area (Å²) in [5.41, 5.74) is 7.17. The predicted octanol–water partition coefficient (Wildman–Crippen LogP) is 1.81. The van der Waals surface area contributed by atoms with Crippen LogP contribution in [0.5, 0.6) is 11.5 Å². The third-order valence-electron chi connectivity index (χ3n) is 3.87. The molecule has 118 valence electrons. The molecule has 0 bridgehead atoms. The molecule has 1 heterocycles. The van der Waals surface area contributed by atoms with Crippen LogP contribution in [-0.4, -0.2) is 51.0 Å². The SMILES string of the molecule is COc1cc(OC)cc([C@@H](CN)N2C[C@H](C)O[C@@H](C)C2)c1. The zero-order valence-corrected chi connectivity index (χ0v) is 13.3. The van der Waals surface area contributed by atoms with Crippen molar-refractivity contribution in [2.24, 2.45) is 5.73 Å². The van der Waals surface area contributed by atoms with Gasteiger partial charge in [0.2, 0.25) is 0 Å². The first-order valence-electron chi connectivity index (χ1n) is 7.40. The average Bonchev–Trinajstić information content (AvgIpc) is 2.46. The van der Waals surface area contributed by atoms with Crippen molar-refractivity contribution in [3.8, 4) is 11.5 Å². The topological polar surface area (TPSA) is 57.0 Å². The summed E-state index contributed by atoms with van der Waals surface area (Å²) in [7, 11) is 3.32. The van der Waals surface area contributed by atoms with Crippen molar-refractivity contribution in [3.63, 3.8) is 0 Å². The minimum absolute atomic E-state index is 0.141. The Morgan fingerprint density at radius 1 is 1.14 bits per heavy atom. The molecule has 0 unspecified atom stereocenters. The summed E-state index contributed by atoms with van der Waals surface area (Å²) >= 11 is 0. The quantitative estimate of drug-likeness (QED) is 0.897. The van der Waals surface area contributed by atoms with E-state index in [1.807, 2.05) is 18.2 Å². The molecule has 0 aromatic heterocycles. The zero-order chi connectivity index (χ0) is 15.4. The lowest BCUT2D eigenvalue weighted by atomic mass is 10.0. The number of morpholine rings is 1. The molecule has 5 nitrogen and oxygen atoms in total. The van der Waals surface area contributed by atoms with Crippen LogP contribution in [0.25, 0.3) is 0 Å². The van der Waals surface area contributed by atoms with Gasteiger partial charge in [-0.3, -0.25) is 4.90 Å². The molecule has 3 atom stereocenters. The summed E-state index contributed by atoms with van der Waals surface area (Å²) in [6.07, 6.45) is 0.436. The van der Waals surface area contributed by atoms with Crippen LogP contribution < -0.4 is 15.2 Å². The zero-order valence-electron chi connectivity index (χ0n) is 13.3. The second-order valence-electron chi connectivity index (χ2n) is 5.61. The molecule has 1 aliphatic rings. The van der Waals surface area contributed by atoms with Crippen LogP contribution in [0.1, 0.15) is 25.5 Å². The highest BCUT2D eigenvalue weighted by atomic mass is 16.5. The molecular formula is C16H26N2O3. The van der Waals surface area contributed by atoms with Crippen molar-refractivity contribution in [1.82, 2.24) is 4.90 Å². The molecule has 1 aromatic carbocycles. The molecule has 0 saturated carbocycles. The molecule has 0 aliphatic carbocycles. The highest BCUT2D eigenvalue weighted by Crippen LogP contribution is 2.30. The smallest absolute Gasteiger partial charge is 0.122 e.